The molecular formula is C17H25NO3. The lowest BCUT2D eigenvalue weighted by atomic mass is 9.83. The lowest BCUT2D eigenvalue weighted by Gasteiger charge is -2.28. The Morgan fingerprint density at radius 3 is 2.24 bits per heavy atom. The lowest BCUT2D eigenvalue weighted by Crippen LogP contribution is -2.46. The van der Waals surface area contributed by atoms with Crippen LogP contribution >= 0.6 is 0 Å². The fraction of sp³-hybridized carbons (Fsp3) is 0.529. The molecule has 0 aliphatic carbocycles. The summed E-state index contributed by atoms with van der Waals surface area (Å²) in [5.41, 5.74) is 0.232. The highest BCUT2D eigenvalue weighted by Gasteiger charge is 2.31. The van der Waals surface area contributed by atoms with Crippen molar-refractivity contribution in [1.29, 1.82) is 0 Å². The normalized spacial score (nSPS) is 13.0. The first-order valence-corrected chi connectivity index (χ1v) is 7.31. The number of carbonyl (C=O) groups is 2. The van der Waals surface area contributed by atoms with Crippen molar-refractivity contribution in [3.8, 4) is 0 Å². The van der Waals surface area contributed by atoms with Crippen LogP contribution in [0.1, 0.15) is 46.1 Å². The highest BCUT2D eigenvalue weighted by atomic mass is 16.4. The molecule has 116 valence electrons. The van der Waals surface area contributed by atoms with Crippen molar-refractivity contribution >= 4 is 11.9 Å². The summed E-state index contributed by atoms with van der Waals surface area (Å²) >= 11 is 0. The molecule has 2 N–H and O–H groups in total. The van der Waals surface area contributed by atoms with Crippen LogP contribution in [0.5, 0.6) is 0 Å². The molecule has 1 atom stereocenters. The number of carboxylic acids is 1. The summed E-state index contributed by atoms with van der Waals surface area (Å²) in [4.78, 5) is 23.5. The highest BCUT2D eigenvalue weighted by molar-refractivity contribution is 5.87. The van der Waals surface area contributed by atoms with E-state index < -0.39 is 11.4 Å². The molecule has 4 heteroatoms. The highest BCUT2D eigenvalue weighted by Crippen LogP contribution is 2.23. The van der Waals surface area contributed by atoms with E-state index in [9.17, 15) is 9.59 Å². The Bertz CT molecular complexity index is 480. The molecule has 0 aromatic heterocycles. The number of benzene rings is 1. The van der Waals surface area contributed by atoms with Crippen molar-refractivity contribution in [1.82, 2.24) is 5.32 Å². The number of carboxylic acid groups (broad SMARTS) is 1. The van der Waals surface area contributed by atoms with E-state index in [2.05, 4.69) is 5.32 Å². The first kappa shape index (κ1) is 17.2. The fourth-order valence-corrected chi connectivity index (χ4v) is 2.32. The molecule has 1 amide bonds. The molecule has 0 aliphatic rings. The van der Waals surface area contributed by atoms with Crippen LogP contribution in [0.4, 0.5) is 0 Å². The predicted molar refractivity (Wildman–Crippen MR) is 83.1 cm³/mol. The molecule has 0 heterocycles. The third-order valence-electron chi connectivity index (χ3n) is 3.58. The van der Waals surface area contributed by atoms with E-state index in [1.54, 1.807) is 0 Å². The van der Waals surface area contributed by atoms with Crippen LogP contribution < -0.4 is 5.32 Å². The topological polar surface area (TPSA) is 66.4 Å². The second kappa shape index (κ2) is 7.25. The van der Waals surface area contributed by atoms with Crippen LogP contribution in [0.25, 0.3) is 0 Å². The minimum atomic E-state index is -0.890. The standard InChI is InChI=1S/C17H25NO3/c1-12(2)10-14(11-15(19)20)18-16(21)17(3,4)13-8-6-5-7-9-13/h5-9,12,14H,10-11H2,1-4H3,(H,18,21)(H,19,20)/t14-/m1/s1. The van der Waals surface area contributed by atoms with Crippen LogP contribution in [0.3, 0.4) is 0 Å². The summed E-state index contributed by atoms with van der Waals surface area (Å²) in [6.07, 6.45) is 0.609. The average Bonchev–Trinajstić information content (AvgIpc) is 2.38. The maximum Gasteiger partial charge on any atom is 0.305 e. The minimum Gasteiger partial charge on any atom is -0.481 e. The van der Waals surface area contributed by atoms with Gasteiger partial charge in [-0.1, -0.05) is 44.2 Å². The second-order valence-corrected chi connectivity index (χ2v) is 6.39. The third kappa shape index (κ3) is 5.21. The number of rotatable bonds is 7. The largest absolute Gasteiger partial charge is 0.481 e. The van der Waals surface area contributed by atoms with Gasteiger partial charge in [-0.25, -0.2) is 0 Å². The molecule has 0 radical (unpaired) electrons. The number of hydrogen-bond donors (Lipinski definition) is 2. The van der Waals surface area contributed by atoms with E-state index in [0.717, 1.165) is 5.56 Å². The molecule has 0 bridgehead atoms. The summed E-state index contributed by atoms with van der Waals surface area (Å²) in [7, 11) is 0. The SMILES string of the molecule is CC(C)C[C@H](CC(=O)O)NC(=O)C(C)(C)c1ccccc1. The van der Waals surface area contributed by atoms with Crippen molar-refractivity contribution in [3.05, 3.63) is 35.9 Å². The van der Waals surface area contributed by atoms with E-state index in [4.69, 9.17) is 5.11 Å². The molecule has 4 nitrogen and oxygen atoms in total. The molecule has 1 aromatic rings. The number of hydrogen-bond acceptors (Lipinski definition) is 2. The van der Waals surface area contributed by atoms with Gasteiger partial charge >= 0.3 is 5.97 Å². The van der Waals surface area contributed by atoms with Crippen LogP contribution in [0.2, 0.25) is 0 Å². The van der Waals surface area contributed by atoms with E-state index >= 15 is 0 Å². The van der Waals surface area contributed by atoms with Gasteiger partial charge in [0.2, 0.25) is 5.91 Å². The van der Waals surface area contributed by atoms with Gasteiger partial charge in [-0.15, -0.1) is 0 Å². The van der Waals surface area contributed by atoms with Crippen molar-refractivity contribution in [2.24, 2.45) is 5.92 Å². The number of nitrogens with one attached hydrogen (secondary N) is 1. The quantitative estimate of drug-likeness (QED) is 0.811. The molecule has 1 rings (SSSR count). The Kier molecular flexibility index (Phi) is 5.94. The van der Waals surface area contributed by atoms with Gasteiger partial charge < -0.3 is 10.4 Å². The Morgan fingerprint density at radius 2 is 1.76 bits per heavy atom. The minimum absolute atomic E-state index is 0.0468. The fourth-order valence-electron chi connectivity index (χ4n) is 2.32. The van der Waals surface area contributed by atoms with E-state index in [1.807, 2.05) is 58.0 Å². The van der Waals surface area contributed by atoms with Crippen LogP contribution in [-0.2, 0) is 15.0 Å². The lowest BCUT2D eigenvalue weighted by molar-refractivity contribution is -0.138. The van der Waals surface area contributed by atoms with Gasteiger partial charge in [-0.2, -0.15) is 0 Å². The maximum atomic E-state index is 12.5. The van der Waals surface area contributed by atoms with Gasteiger partial charge in [0.15, 0.2) is 0 Å². The summed E-state index contributed by atoms with van der Waals surface area (Å²) < 4.78 is 0. The maximum absolute atomic E-state index is 12.5. The van der Waals surface area contributed by atoms with Crippen molar-refractivity contribution in [3.63, 3.8) is 0 Å². The molecule has 1 aromatic carbocycles. The van der Waals surface area contributed by atoms with Crippen molar-refractivity contribution in [2.45, 2.75) is 52.0 Å². The number of amides is 1. The molecule has 0 saturated heterocycles. The smallest absolute Gasteiger partial charge is 0.305 e. The van der Waals surface area contributed by atoms with Gasteiger partial charge in [0.1, 0.15) is 0 Å². The predicted octanol–water partition coefficient (Wildman–Crippen LogP) is 2.97. The van der Waals surface area contributed by atoms with E-state index in [0.29, 0.717) is 12.3 Å². The van der Waals surface area contributed by atoms with Gasteiger partial charge in [-0.3, -0.25) is 9.59 Å². The Labute approximate surface area is 126 Å². The van der Waals surface area contributed by atoms with Crippen LogP contribution in [0, 0.1) is 5.92 Å². The molecule has 0 saturated carbocycles. The molecule has 0 unspecified atom stereocenters. The summed E-state index contributed by atoms with van der Waals surface area (Å²) in [5, 5.41) is 11.9. The second-order valence-electron chi connectivity index (χ2n) is 6.39. The summed E-state index contributed by atoms with van der Waals surface area (Å²) in [6.45, 7) is 7.74. The zero-order chi connectivity index (χ0) is 16.0. The third-order valence-corrected chi connectivity index (χ3v) is 3.58. The summed E-state index contributed by atoms with van der Waals surface area (Å²) in [6, 6.07) is 9.19. The van der Waals surface area contributed by atoms with Crippen LogP contribution in [0.15, 0.2) is 30.3 Å². The number of aliphatic carboxylic acids is 1. The Morgan fingerprint density at radius 1 is 1.19 bits per heavy atom. The van der Waals surface area contributed by atoms with Gasteiger partial charge in [0.25, 0.3) is 0 Å². The monoisotopic (exact) mass is 291 g/mol. The van der Waals surface area contributed by atoms with Crippen molar-refractivity contribution < 1.29 is 14.7 Å². The first-order chi connectivity index (χ1) is 9.73. The zero-order valence-corrected chi connectivity index (χ0v) is 13.2. The zero-order valence-electron chi connectivity index (χ0n) is 13.2. The molecule has 0 fully saturated rings. The Hall–Kier alpha value is -1.84. The van der Waals surface area contributed by atoms with E-state index in [1.165, 1.54) is 0 Å². The van der Waals surface area contributed by atoms with Gasteiger partial charge in [-0.05, 0) is 31.7 Å². The Balaban J connectivity index is 2.82. The van der Waals surface area contributed by atoms with E-state index in [-0.39, 0.29) is 18.4 Å². The van der Waals surface area contributed by atoms with Gasteiger partial charge in [0.05, 0.1) is 11.8 Å². The van der Waals surface area contributed by atoms with Gasteiger partial charge in [0, 0.05) is 6.04 Å². The first-order valence-electron chi connectivity index (χ1n) is 7.31. The molecular weight excluding hydrogens is 266 g/mol. The molecule has 0 aliphatic heterocycles. The van der Waals surface area contributed by atoms with Crippen molar-refractivity contribution in [2.75, 3.05) is 0 Å². The van der Waals surface area contributed by atoms with Crippen LogP contribution in [-0.4, -0.2) is 23.0 Å². The number of carbonyl (C=O) groups excluding carboxylic acids is 1. The molecule has 0 spiro atoms. The average molecular weight is 291 g/mol. The molecule has 21 heavy (non-hydrogen) atoms. The summed E-state index contributed by atoms with van der Waals surface area (Å²) in [5.74, 6) is -0.700.